The number of aromatic nitrogens is 1. The highest BCUT2D eigenvalue weighted by molar-refractivity contribution is 5.91. The van der Waals surface area contributed by atoms with Gasteiger partial charge in [0.2, 0.25) is 0 Å². The van der Waals surface area contributed by atoms with Crippen molar-refractivity contribution in [3.63, 3.8) is 0 Å². The molecule has 0 unspecified atom stereocenters. The maximum absolute atomic E-state index is 11.0. The fourth-order valence-corrected chi connectivity index (χ4v) is 3.15. The number of carboxylic acids is 1. The number of pyridine rings is 1. The van der Waals surface area contributed by atoms with Crippen molar-refractivity contribution < 1.29 is 9.90 Å². The Morgan fingerprint density at radius 3 is 2.81 bits per heavy atom. The van der Waals surface area contributed by atoms with Crippen molar-refractivity contribution >= 4 is 22.6 Å². The molecule has 0 atom stereocenters. The lowest BCUT2D eigenvalue weighted by molar-refractivity contribution is -0.141. The number of nitrogens with zero attached hydrogens (tertiary/aromatic N) is 1. The van der Waals surface area contributed by atoms with Crippen LogP contribution in [0.15, 0.2) is 30.3 Å². The van der Waals surface area contributed by atoms with Crippen LogP contribution in [0.3, 0.4) is 0 Å². The van der Waals surface area contributed by atoms with E-state index in [0.717, 1.165) is 41.5 Å². The molecule has 1 aliphatic carbocycles. The lowest BCUT2D eigenvalue weighted by Crippen LogP contribution is -2.38. The number of anilines is 1. The molecule has 110 valence electrons. The Balaban J connectivity index is 1.83. The number of hydrogen-bond acceptors (Lipinski definition) is 3. The molecule has 2 N–H and O–H groups in total. The van der Waals surface area contributed by atoms with Crippen LogP contribution in [0.4, 0.5) is 5.69 Å². The fourth-order valence-electron chi connectivity index (χ4n) is 3.15. The van der Waals surface area contributed by atoms with Crippen molar-refractivity contribution in [1.29, 1.82) is 0 Å². The summed E-state index contributed by atoms with van der Waals surface area (Å²) in [5, 5.41) is 13.7. The van der Waals surface area contributed by atoms with Gasteiger partial charge in [0.15, 0.2) is 0 Å². The van der Waals surface area contributed by atoms with E-state index in [1.807, 2.05) is 31.2 Å². The zero-order valence-electron chi connectivity index (χ0n) is 12.2. The summed E-state index contributed by atoms with van der Waals surface area (Å²) in [6.45, 7) is 2.70. The minimum Gasteiger partial charge on any atom is -0.481 e. The molecule has 1 aliphatic rings. The molecule has 1 heterocycles. The molecule has 0 saturated heterocycles. The van der Waals surface area contributed by atoms with Crippen LogP contribution >= 0.6 is 0 Å². The minimum absolute atomic E-state index is 0.0793. The molecule has 1 aromatic heterocycles. The van der Waals surface area contributed by atoms with Gasteiger partial charge in [-0.3, -0.25) is 9.78 Å². The molecule has 0 amide bonds. The van der Waals surface area contributed by atoms with E-state index in [9.17, 15) is 4.79 Å². The number of aryl methyl sites for hydroxylation is 1. The maximum atomic E-state index is 11.0. The lowest BCUT2D eigenvalue weighted by Gasteiger charge is -2.41. The number of aliphatic carboxylic acids is 1. The zero-order valence-corrected chi connectivity index (χ0v) is 12.2. The number of fused-ring (bicyclic) bond motifs is 1. The van der Waals surface area contributed by atoms with Crippen molar-refractivity contribution in [3.8, 4) is 0 Å². The number of hydrogen-bond donors (Lipinski definition) is 2. The monoisotopic (exact) mass is 284 g/mol. The highest BCUT2D eigenvalue weighted by Crippen LogP contribution is 2.44. The van der Waals surface area contributed by atoms with Crippen molar-refractivity contribution in [3.05, 3.63) is 36.0 Å². The fraction of sp³-hybridized carbons (Fsp3) is 0.412. The van der Waals surface area contributed by atoms with Crippen molar-refractivity contribution in [2.24, 2.45) is 5.41 Å². The van der Waals surface area contributed by atoms with Gasteiger partial charge in [-0.25, -0.2) is 0 Å². The van der Waals surface area contributed by atoms with Crippen molar-refractivity contribution in [2.75, 3.05) is 11.9 Å². The summed E-state index contributed by atoms with van der Waals surface area (Å²) in [5.74, 6) is -0.702. The third-order valence-electron chi connectivity index (χ3n) is 4.44. The van der Waals surface area contributed by atoms with E-state index in [1.54, 1.807) is 0 Å². The van der Waals surface area contributed by atoms with Crippen LogP contribution in [0.5, 0.6) is 0 Å². The Morgan fingerprint density at radius 1 is 1.38 bits per heavy atom. The molecule has 0 radical (unpaired) electrons. The minimum atomic E-state index is -0.702. The van der Waals surface area contributed by atoms with E-state index in [2.05, 4.69) is 16.4 Å². The lowest BCUT2D eigenvalue weighted by atomic mass is 9.66. The largest absolute Gasteiger partial charge is 0.481 e. The van der Waals surface area contributed by atoms with Crippen molar-refractivity contribution in [2.45, 2.75) is 32.6 Å². The first-order valence-corrected chi connectivity index (χ1v) is 7.40. The number of carboxylic acid groups (broad SMARTS) is 1. The second kappa shape index (κ2) is 5.35. The SMILES string of the molecule is Cc1cc(NCC2(CC(=O)O)CCC2)c2ccccc2n1. The molecule has 1 aromatic carbocycles. The molecule has 4 nitrogen and oxygen atoms in total. The number of para-hydroxylation sites is 1. The molecule has 0 aliphatic heterocycles. The van der Waals surface area contributed by atoms with Gasteiger partial charge in [-0.15, -0.1) is 0 Å². The average molecular weight is 284 g/mol. The number of benzene rings is 1. The Bertz CT molecular complexity index is 678. The Morgan fingerprint density at radius 2 is 2.14 bits per heavy atom. The van der Waals surface area contributed by atoms with Gasteiger partial charge in [0.25, 0.3) is 0 Å². The number of nitrogens with one attached hydrogen (secondary N) is 1. The van der Waals surface area contributed by atoms with E-state index in [-0.39, 0.29) is 11.8 Å². The Hall–Kier alpha value is -2.10. The van der Waals surface area contributed by atoms with Gasteiger partial charge in [-0.1, -0.05) is 24.6 Å². The van der Waals surface area contributed by atoms with E-state index in [4.69, 9.17) is 5.11 Å². The quantitative estimate of drug-likeness (QED) is 0.880. The van der Waals surface area contributed by atoms with Gasteiger partial charge >= 0.3 is 5.97 Å². The summed E-state index contributed by atoms with van der Waals surface area (Å²) in [5.41, 5.74) is 2.91. The maximum Gasteiger partial charge on any atom is 0.303 e. The molecular formula is C17H20N2O2. The van der Waals surface area contributed by atoms with Gasteiger partial charge in [0, 0.05) is 23.3 Å². The third kappa shape index (κ3) is 2.84. The first-order valence-electron chi connectivity index (χ1n) is 7.40. The van der Waals surface area contributed by atoms with Gasteiger partial charge in [0.05, 0.1) is 11.9 Å². The molecule has 1 fully saturated rings. The summed E-state index contributed by atoms with van der Waals surface area (Å²) in [6, 6.07) is 10.1. The van der Waals surface area contributed by atoms with E-state index < -0.39 is 5.97 Å². The van der Waals surface area contributed by atoms with Gasteiger partial charge in [-0.2, -0.15) is 0 Å². The predicted molar refractivity (Wildman–Crippen MR) is 83.5 cm³/mol. The Kier molecular flexibility index (Phi) is 3.53. The van der Waals surface area contributed by atoms with Gasteiger partial charge in [0.1, 0.15) is 0 Å². The van der Waals surface area contributed by atoms with Gasteiger partial charge < -0.3 is 10.4 Å². The second-order valence-corrected chi connectivity index (χ2v) is 6.11. The first kappa shape index (κ1) is 13.9. The molecule has 3 rings (SSSR count). The molecule has 2 aromatic rings. The summed E-state index contributed by atoms with van der Waals surface area (Å²) in [7, 11) is 0. The van der Waals surface area contributed by atoms with Crippen LogP contribution in [0.1, 0.15) is 31.4 Å². The number of carbonyl (C=O) groups is 1. The summed E-state index contributed by atoms with van der Waals surface area (Å²) in [4.78, 5) is 15.6. The third-order valence-corrected chi connectivity index (χ3v) is 4.44. The summed E-state index contributed by atoms with van der Waals surface area (Å²) >= 11 is 0. The van der Waals surface area contributed by atoms with Gasteiger partial charge in [-0.05, 0) is 37.3 Å². The van der Waals surface area contributed by atoms with E-state index in [0.29, 0.717) is 6.54 Å². The normalized spacial score (nSPS) is 16.4. The van der Waals surface area contributed by atoms with E-state index in [1.165, 1.54) is 0 Å². The molecule has 21 heavy (non-hydrogen) atoms. The molecular weight excluding hydrogens is 264 g/mol. The molecule has 0 spiro atoms. The van der Waals surface area contributed by atoms with Crippen LogP contribution in [0, 0.1) is 12.3 Å². The first-order chi connectivity index (χ1) is 10.1. The smallest absolute Gasteiger partial charge is 0.303 e. The highest BCUT2D eigenvalue weighted by Gasteiger charge is 2.38. The Labute approximate surface area is 124 Å². The molecule has 0 bridgehead atoms. The second-order valence-electron chi connectivity index (χ2n) is 6.11. The summed E-state index contributed by atoms with van der Waals surface area (Å²) in [6.07, 6.45) is 3.37. The van der Waals surface area contributed by atoms with Crippen LogP contribution in [0.25, 0.3) is 10.9 Å². The van der Waals surface area contributed by atoms with Crippen LogP contribution in [-0.2, 0) is 4.79 Å². The predicted octanol–water partition coefficient (Wildman–Crippen LogP) is 3.60. The van der Waals surface area contributed by atoms with Crippen molar-refractivity contribution in [1.82, 2.24) is 4.98 Å². The van der Waals surface area contributed by atoms with Crippen LogP contribution < -0.4 is 5.32 Å². The van der Waals surface area contributed by atoms with Crippen LogP contribution in [-0.4, -0.2) is 22.6 Å². The molecule has 4 heteroatoms. The highest BCUT2D eigenvalue weighted by atomic mass is 16.4. The molecule has 1 saturated carbocycles. The van der Waals surface area contributed by atoms with Crippen LogP contribution in [0.2, 0.25) is 0 Å². The topological polar surface area (TPSA) is 62.2 Å². The number of rotatable bonds is 5. The average Bonchev–Trinajstić information content (AvgIpc) is 2.40. The summed E-state index contributed by atoms with van der Waals surface area (Å²) < 4.78 is 0. The zero-order chi connectivity index (χ0) is 14.9. The standard InChI is InChI=1S/C17H20N2O2/c1-12-9-15(13-5-2-3-6-14(13)19-12)18-11-17(7-4-8-17)10-16(20)21/h2-3,5-6,9H,4,7-8,10-11H2,1H3,(H,18,19)(H,20,21). The van der Waals surface area contributed by atoms with E-state index >= 15 is 0 Å².